The fraction of sp³-hybridized carbons (Fsp3) is 0.278. The second kappa shape index (κ2) is 7.40. The number of carbonyl (C=O) groups excluding carboxylic acids is 1. The molecule has 1 aliphatic heterocycles. The van der Waals surface area contributed by atoms with E-state index < -0.39 is 10.0 Å². The van der Waals surface area contributed by atoms with E-state index in [-0.39, 0.29) is 10.8 Å². The number of nitrogens with one attached hydrogen (secondary N) is 1. The number of methoxy groups -OCH3 is 2. The van der Waals surface area contributed by atoms with Crippen LogP contribution in [0.1, 0.15) is 12.5 Å². The highest BCUT2D eigenvalue weighted by atomic mass is 79.9. The minimum atomic E-state index is -3.96. The Morgan fingerprint density at radius 1 is 1.11 bits per heavy atom. The molecule has 0 fully saturated rings. The Labute approximate surface area is 166 Å². The largest absolute Gasteiger partial charge is 0.497 e. The van der Waals surface area contributed by atoms with Crippen molar-refractivity contribution in [3.8, 4) is 11.5 Å². The van der Waals surface area contributed by atoms with E-state index in [4.69, 9.17) is 9.47 Å². The minimum Gasteiger partial charge on any atom is -0.497 e. The van der Waals surface area contributed by atoms with Gasteiger partial charge >= 0.3 is 0 Å². The van der Waals surface area contributed by atoms with Gasteiger partial charge in [0.25, 0.3) is 10.0 Å². The summed E-state index contributed by atoms with van der Waals surface area (Å²) in [6.07, 6.45) is 0.601. The molecule has 2 aromatic rings. The van der Waals surface area contributed by atoms with Gasteiger partial charge in [-0.1, -0.05) is 15.9 Å². The van der Waals surface area contributed by atoms with Crippen molar-refractivity contribution < 1.29 is 22.7 Å². The Bertz CT molecular complexity index is 985. The van der Waals surface area contributed by atoms with Crippen LogP contribution in [0.15, 0.2) is 39.7 Å². The van der Waals surface area contributed by atoms with Crippen LogP contribution in [0.25, 0.3) is 0 Å². The molecule has 3 rings (SSSR count). The predicted molar refractivity (Wildman–Crippen MR) is 106 cm³/mol. The number of nitrogens with zero attached hydrogens (tertiary/aromatic N) is 1. The zero-order chi connectivity index (χ0) is 19.8. The SMILES string of the molecule is COc1cc(NS(=O)(=O)c2cc(Br)cc3c2N(C(C)=O)CC3)cc(OC)c1. The van der Waals surface area contributed by atoms with Gasteiger partial charge < -0.3 is 14.4 Å². The van der Waals surface area contributed by atoms with E-state index >= 15 is 0 Å². The Balaban J connectivity index is 2.08. The van der Waals surface area contributed by atoms with E-state index in [2.05, 4.69) is 20.7 Å². The summed E-state index contributed by atoms with van der Waals surface area (Å²) in [5.41, 5.74) is 1.53. The molecule has 1 N–H and O–H groups in total. The number of halogens is 1. The molecule has 7 nitrogen and oxygen atoms in total. The van der Waals surface area contributed by atoms with E-state index in [1.54, 1.807) is 18.2 Å². The second-order valence-electron chi connectivity index (χ2n) is 6.04. The fourth-order valence-electron chi connectivity index (χ4n) is 3.07. The number of ether oxygens (including phenoxy) is 2. The highest BCUT2D eigenvalue weighted by Crippen LogP contribution is 2.38. The third-order valence-electron chi connectivity index (χ3n) is 4.27. The molecule has 144 valence electrons. The molecule has 0 unspecified atom stereocenters. The van der Waals surface area contributed by atoms with E-state index in [9.17, 15) is 13.2 Å². The molecule has 0 aliphatic carbocycles. The first-order chi connectivity index (χ1) is 12.7. The summed E-state index contributed by atoms with van der Waals surface area (Å²) in [4.78, 5) is 13.5. The number of benzene rings is 2. The first-order valence-electron chi connectivity index (χ1n) is 8.11. The molecule has 0 atom stereocenters. The van der Waals surface area contributed by atoms with Gasteiger partial charge in [-0.05, 0) is 24.1 Å². The molecule has 27 heavy (non-hydrogen) atoms. The quantitative estimate of drug-likeness (QED) is 0.749. The monoisotopic (exact) mass is 454 g/mol. The number of carbonyl (C=O) groups is 1. The van der Waals surface area contributed by atoms with Crippen LogP contribution in [0.3, 0.4) is 0 Å². The highest BCUT2D eigenvalue weighted by Gasteiger charge is 2.31. The molecule has 0 bridgehead atoms. The summed E-state index contributed by atoms with van der Waals surface area (Å²) in [7, 11) is -0.992. The summed E-state index contributed by atoms with van der Waals surface area (Å²) < 4.78 is 39.8. The summed E-state index contributed by atoms with van der Waals surface area (Å²) >= 11 is 3.36. The summed E-state index contributed by atoms with van der Waals surface area (Å²) in [6, 6.07) is 8.10. The minimum absolute atomic E-state index is 0.0429. The molecule has 0 aromatic heterocycles. The van der Waals surface area contributed by atoms with Crippen molar-refractivity contribution in [2.75, 3.05) is 30.4 Å². The molecule has 0 radical (unpaired) electrons. The number of fused-ring (bicyclic) bond motifs is 1. The van der Waals surface area contributed by atoms with Gasteiger partial charge in [0.2, 0.25) is 5.91 Å². The number of hydrogen-bond donors (Lipinski definition) is 1. The van der Waals surface area contributed by atoms with Crippen LogP contribution in [0.4, 0.5) is 11.4 Å². The van der Waals surface area contributed by atoms with Crippen LogP contribution in [0.2, 0.25) is 0 Å². The van der Waals surface area contributed by atoms with Crippen molar-refractivity contribution in [3.05, 3.63) is 40.4 Å². The lowest BCUT2D eigenvalue weighted by atomic mass is 10.2. The number of anilines is 2. The van der Waals surface area contributed by atoms with E-state index in [0.717, 1.165) is 5.56 Å². The zero-order valence-corrected chi connectivity index (χ0v) is 17.5. The Kier molecular flexibility index (Phi) is 5.34. The first kappa shape index (κ1) is 19.5. The van der Waals surface area contributed by atoms with Crippen molar-refractivity contribution >= 4 is 43.2 Å². The normalized spacial score (nSPS) is 13.3. The van der Waals surface area contributed by atoms with Crippen LogP contribution in [-0.2, 0) is 21.2 Å². The van der Waals surface area contributed by atoms with E-state index in [1.165, 1.54) is 32.1 Å². The van der Waals surface area contributed by atoms with Gasteiger partial charge in [0.05, 0.1) is 25.6 Å². The maximum Gasteiger partial charge on any atom is 0.264 e. The van der Waals surface area contributed by atoms with Gasteiger partial charge in [-0.15, -0.1) is 0 Å². The predicted octanol–water partition coefficient (Wildman–Crippen LogP) is 3.18. The van der Waals surface area contributed by atoms with Gasteiger partial charge in [0.15, 0.2) is 0 Å². The standard InChI is InChI=1S/C18H19BrN2O5S/c1-11(22)21-5-4-12-6-13(19)7-17(18(12)21)27(23,24)20-14-8-15(25-2)10-16(9-14)26-3/h6-10,20H,4-5H2,1-3H3. The third kappa shape index (κ3) is 3.89. The van der Waals surface area contributed by atoms with Gasteiger partial charge in [-0.2, -0.15) is 0 Å². The molecule has 0 spiro atoms. The first-order valence-corrected chi connectivity index (χ1v) is 10.4. The van der Waals surface area contributed by atoms with Gasteiger partial charge in [0, 0.05) is 36.1 Å². The number of sulfonamides is 1. The van der Waals surface area contributed by atoms with Gasteiger partial charge in [-0.25, -0.2) is 8.42 Å². The number of amides is 1. The topological polar surface area (TPSA) is 84.9 Å². The highest BCUT2D eigenvalue weighted by molar-refractivity contribution is 9.10. The van der Waals surface area contributed by atoms with E-state index in [0.29, 0.717) is 40.3 Å². The van der Waals surface area contributed by atoms with Crippen molar-refractivity contribution in [1.29, 1.82) is 0 Å². The molecular weight excluding hydrogens is 436 g/mol. The molecule has 0 saturated carbocycles. The van der Waals surface area contributed by atoms with Crippen LogP contribution >= 0.6 is 15.9 Å². The molecular formula is C18H19BrN2O5S. The number of rotatable bonds is 5. The second-order valence-corrected chi connectivity index (χ2v) is 8.61. The molecule has 9 heteroatoms. The maximum atomic E-state index is 13.1. The summed E-state index contributed by atoms with van der Waals surface area (Å²) in [6.45, 7) is 1.88. The molecule has 0 saturated heterocycles. The fourth-order valence-corrected chi connectivity index (χ4v) is 5.04. The molecule has 1 aliphatic rings. The Morgan fingerprint density at radius 2 is 1.74 bits per heavy atom. The van der Waals surface area contributed by atoms with E-state index in [1.807, 2.05) is 6.07 Å². The van der Waals surface area contributed by atoms with Crippen molar-refractivity contribution in [2.45, 2.75) is 18.2 Å². The maximum absolute atomic E-state index is 13.1. The van der Waals surface area contributed by atoms with Crippen LogP contribution < -0.4 is 19.1 Å². The lowest BCUT2D eigenvalue weighted by Gasteiger charge is -2.20. The van der Waals surface area contributed by atoms with Gasteiger partial charge in [0.1, 0.15) is 16.4 Å². The average molecular weight is 455 g/mol. The van der Waals surface area contributed by atoms with Crippen molar-refractivity contribution in [3.63, 3.8) is 0 Å². The smallest absolute Gasteiger partial charge is 0.264 e. The van der Waals surface area contributed by atoms with Crippen molar-refractivity contribution in [2.24, 2.45) is 0 Å². The third-order valence-corrected chi connectivity index (χ3v) is 6.12. The summed E-state index contributed by atoms with van der Waals surface area (Å²) in [5.74, 6) is 0.712. The molecule has 2 aromatic carbocycles. The van der Waals surface area contributed by atoms with Crippen LogP contribution in [0, 0.1) is 0 Å². The lowest BCUT2D eigenvalue weighted by molar-refractivity contribution is -0.116. The van der Waals surface area contributed by atoms with Crippen LogP contribution in [0.5, 0.6) is 11.5 Å². The lowest BCUT2D eigenvalue weighted by Crippen LogP contribution is -2.28. The number of hydrogen-bond acceptors (Lipinski definition) is 5. The average Bonchev–Trinajstić information content (AvgIpc) is 3.03. The molecule has 1 amide bonds. The Morgan fingerprint density at radius 3 is 2.30 bits per heavy atom. The zero-order valence-electron chi connectivity index (χ0n) is 15.1. The molecule has 1 heterocycles. The van der Waals surface area contributed by atoms with Crippen LogP contribution in [-0.4, -0.2) is 35.1 Å². The summed E-state index contributed by atoms with van der Waals surface area (Å²) in [5, 5.41) is 0. The van der Waals surface area contributed by atoms with Crippen molar-refractivity contribution in [1.82, 2.24) is 0 Å². The Hall–Kier alpha value is -2.26. The van der Waals surface area contributed by atoms with Gasteiger partial charge in [-0.3, -0.25) is 9.52 Å².